The van der Waals surface area contributed by atoms with Crippen LogP contribution in [0.25, 0.3) is 0 Å². The summed E-state index contributed by atoms with van der Waals surface area (Å²) in [6, 6.07) is 9.42. The van der Waals surface area contributed by atoms with Gasteiger partial charge in [-0.1, -0.05) is 53.9 Å². The van der Waals surface area contributed by atoms with E-state index in [-0.39, 0.29) is 12.5 Å². The highest BCUT2D eigenvalue weighted by molar-refractivity contribution is 7.92. The van der Waals surface area contributed by atoms with E-state index in [1.54, 1.807) is 51.1 Å². The van der Waals surface area contributed by atoms with Gasteiger partial charge in [-0.25, -0.2) is 8.42 Å². The van der Waals surface area contributed by atoms with Crippen molar-refractivity contribution in [2.75, 3.05) is 23.7 Å². The Morgan fingerprint density at radius 2 is 1.74 bits per heavy atom. The molecule has 186 valence electrons. The molecule has 2 aromatic carbocycles. The molecule has 2 aromatic rings. The van der Waals surface area contributed by atoms with Gasteiger partial charge in [-0.2, -0.15) is 0 Å². The molecule has 0 aliphatic rings. The summed E-state index contributed by atoms with van der Waals surface area (Å²) in [4.78, 5) is 27.8. The molecule has 2 rings (SSSR count). The van der Waals surface area contributed by atoms with E-state index in [1.165, 1.54) is 4.90 Å². The number of carbonyl (C=O) groups is 2. The van der Waals surface area contributed by atoms with Crippen LogP contribution in [0.2, 0.25) is 10.0 Å². The molecule has 0 fully saturated rings. The second kappa shape index (κ2) is 11.9. The Labute approximate surface area is 212 Å². The molecule has 0 bridgehead atoms. The lowest BCUT2D eigenvalue weighted by Crippen LogP contribution is -2.52. The second-order valence-electron chi connectivity index (χ2n) is 8.14. The number of nitrogens with zero attached hydrogens (tertiary/aromatic N) is 2. The summed E-state index contributed by atoms with van der Waals surface area (Å²) in [5, 5.41) is 3.55. The van der Waals surface area contributed by atoms with Crippen molar-refractivity contribution < 1.29 is 18.0 Å². The molecule has 0 saturated heterocycles. The molecular formula is C24H31Cl2N3O4S. The first-order valence-electron chi connectivity index (χ1n) is 10.9. The first-order valence-corrected chi connectivity index (χ1v) is 13.6. The molecule has 34 heavy (non-hydrogen) atoms. The number of anilines is 1. The van der Waals surface area contributed by atoms with Crippen molar-refractivity contribution in [1.29, 1.82) is 0 Å². The molecule has 1 atom stereocenters. The number of likely N-dealkylation sites (N-methyl/N-ethyl adjacent to an activating group) is 1. The van der Waals surface area contributed by atoms with Crippen LogP contribution in [0, 0.1) is 13.8 Å². The van der Waals surface area contributed by atoms with Gasteiger partial charge in [0.25, 0.3) is 0 Å². The van der Waals surface area contributed by atoms with Crippen LogP contribution < -0.4 is 9.62 Å². The topological polar surface area (TPSA) is 86.8 Å². The number of rotatable bonds is 10. The van der Waals surface area contributed by atoms with Crippen LogP contribution in [0.4, 0.5) is 5.69 Å². The maximum absolute atomic E-state index is 13.6. The number of amides is 2. The fourth-order valence-corrected chi connectivity index (χ4v) is 5.10. The molecule has 0 heterocycles. The number of nitrogens with one attached hydrogen (secondary N) is 1. The van der Waals surface area contributed by atoms with Gasteiger partial charge in [-0.3, -0.25) is 13.9 Å². The van der Waals surface area contributed by atoms with Crippen molar-refractivity contribution in [3.8, 4) is 0 Å². The molecule has 0 aliphatic heterocycles. The maximum Gasteiger partial charge on any atom is 0.244 e. The summed E-state index contributed by atoms with van der Waals surface area (Å²) in [5.41, 5.74) is 2.71. The number of hydrogen-bond acceptors (Lipinski definition) is 4. The fraction of sp³-hybridized carbons (Fsp3) is 0.417. The van der Waals surface area contributed by atoms with Gasteiger partial charge < -0.3 is 10.2 Å². The van der Waals surface area contributed by atoms with E-state index in [0.717, 1.165) is 21.7 Å². The van der Waals surface area contributed by atoms with Gasteiger partial charge in [0, 0.05) is 23.1 Å². The van der Waals surface area contributed by atoms with Crippen LogP contribution in [0.3, 0.4) is 0 Å². The van der Waals surface area contributed by atoms with E-state index in [0.29, 0.717) is 34.3 Å². The van der Waals surface area contributed by atoms with E-state index in [1.807, 2.05) is 13.0 Å². The number of benzene rings is 2. The number of sulfonamides is 1. The first-order chi connectivity index (χ1) is 15.9. The van der Waals surface area contributed by atoms with Crippen molar-refractivity contribution in [3.05, 3.63) is 63.1 Å². The zero-order valence-corrected chi connectivity index (χ0v) is 22.4. The Balaban J connectivity index is 2.50. The van der Waals surface area contributed by atoms with Gasteiger partial charge in [-0.15, -0.1) is 0 Å². The quantitative estimate of drug-likeness (QED) is 0.498. The van der Waals surface area contributed by atoms with Gasteiger partial charge in [0.1, 0.15) is 12.6 Å². The Bertz CT molecular complexity index is 1150. The Hall–Kier alpha value is -2.29. The average Bonchev–Trinajstić information content (AvgIpc) is 2.73. The minimum atomic E-state index is -3.79. The minimum Gasteiger partial charge on any atom is -0.355 e. The Morgan fingerprint density at radius 1 is 1.06 bits per heavy atom. The molecular weight excluding hydrogens is 497 g/mol. The van der Waals surface area contributed by atoms with Crippen LogP contribution in [0.5, 0.6) is 0 Å². The van der Waals surface area contributed by atoms with Crippen LogP contribution in [0.15, 0.2) is 36.4 Å². The molecule has 0 unspecified atom stereocenters. The minimum absolute atomic E-state index is 0.0228. The molecule has 0 spiro atoms. The van der Waals surface area contributed by atoms with E-state index < -0.39 is 28.5 Å². The fourth-order valence-electron chi connectivity index (χ4n) is 3.72. The highest BCUT2D eigenvalue weighted by atomic mass is 35.5. The molecule has 0 radical (unpaired) electrons. The Morgan fingerprint density at radius 3 is 2.26 bits per heavy atom. The summed E-state index contributed by atoms with van der Waals surface area (Å²) >= 11 is 12.4. The second-order valence-corrected chi connectivity index (χ2v) is 10.9. The molecule has 7 nitrogen and oxygen atoms in total. The van der Waals surface area contributed by atoms with Gasteiger partial charge in [-0.05, 0) is 56.5 Å². The molecule has 0 aromatic heterocycles. The summed E-state index contributed by atoms with van der Waals surface area (Å²) < 4.78 is 26.5. The first kappa shape index (κ1) is 28.0. The monoisotopic (exact) mass is 527 g/mol. The maximum atomic E-state index is 13.6. The highest BCUT2D eigenvalue weighted by Gasteiger charge is 2.32. The smallest absolute Gasteiger partial charge is 0.244 e. The third-order valence-electron chi connectivity index (χ3n) is 5.39. The van der Waals surface area contributed by atoms with Gasteiger partial charge >= 0.3 is 0 Å². The molecule has 0 saturated carbocycles. The van der Waals surface area contributed by atoms with E-state index >= 15 is 0 Å². The lowest BCUT2D eigenvalue weighted by atomic mass is 10.1. The number of aryl methyl sites for hydroxylation is 2. The standard InChI is InChI=1S/C24H31Cl2N3O4S/c1-6-21(24(31)27-7-2)28(14-18-9-10-19(25)13-20(18)26)23(30)15-29(34(5,32)33)22-11-8-16(3)12-17(22)4/h8-13,21H,6-7,14-15H2,1-5H3,(H,27,31)/t21-/m0/s1. The summed E-state index contributed by atoms with van der Waals surface area (Å²) in [6.07, 6.45) is 1.40. The third-order valence-corrected chi connectivity index (χ3v) is 7.11. The van der Waals surface area contributed by atoms with Crippen LogP contribution in [0.1, 0.15) is 37.0 Å². The zero-order chi connectivity index (χ0) is 25.6. The normalized spacial score (nSPS) is 12.2. The van der Waals surface area contributed by atoms with Crippen LogP contribution in [-0.4, -0.2) is 50.5 Å². The van der Waals surface area contributed by atoms with Crippen molar-refractivity contribution in [1.82, 2.24) is 10.2 Å². The van der Waals surface area contributed by atoms with Crippen LogP contribution in [-0.2, 0) is 26.2 Å². The van der Waals surface area contributed by atoms with Crippen molar-refractivity contribution in [2.24, 2.45) is 0 Å². The van der Waals surface area contributed by atoms with Gasteiger partial charge in [0.2, 0.25) is 21.8 Å². The van der Waals surface area contributed by atoms with E-state index in [2.05, 4.69) is 5.32 Å². The molecule has 0 aliphatic carbocycles. The number of carbonyl (C=O) groups excluding carboxylic acids is 2. The average molecular weight is 529 g/mol. The molecule has 10 heteroatoms. The number of halogens is 2. The predicted octanol–water partition coefficient (Wildman–Crippen LogP) is 4.32. The summed E-state index contributed by atoms with van der Waals surface area (Å²) in [6.45, 7) is 7.25. The van der Waals surface area contributed by atoms with Gasteiger partial charge in [0.05, 0.1) is 11.9 Å². The lowest BCUT2D eigenvalue weighted by molar-refractivity contribution is -0.140. The van der Waals surface area contributed by atoms with E-state index in [4.69, 9.17) is 23.2 Å². The number of hydrogen-bond donors (Lipinski definition) is 1. The summed E-state index contributed by atoms with van der Waals surface area (Å²) in [7, 11) is -3.79. The van der Waals surface area contributed by atoms with Crippen LogP contribution >= 0.6 is 23.2 Å². The van der Waals surface area contributed by atoms with Crippen molar-refractivity contribution in [2.45, 2.75) is 46.7 Å². The predicted molar refractivity (Wildman–Crippen MR) is 138 cm³/mol. The third kappa shape index (κ3) is 7.10. The van der Waals surface area contributed by atoms with Gasteiger partial charge in [0.15, 0.2) is 0 Å². The van der Waals surface area contributed by atoms with Crippen molar-refractivity contribution >= 4 is 50.7 Å². The largest absolute Gasteiger partial charge is 0.355 e. The Kier molecular flexibility index (Phi) is 9.79. The zero-order valence-electron chi connectivity index (χ0n) is 20.1. The van der Waals surface area contributed by atoms with Crippen molar-refractivity contribution in [3.63, 3.8) is 0 Å². The lowest BCUT2D eigenvalue weighted by Gasteiger charge is -2.33. The molecule has 2 amide bonds. The van der Waals surface area contributed by atoms with E-state index in [9.17, 15) is 18.0 Å². The summed E-state index contributed by atoms with van der Waals surface area (Å²) in [5.74, 6) is -0.838. The SMILES string of the molecule is CCNC(=O)[C@H](CC)N(Cc1ccc(Cl)cc1Cl)C(=O)CN(c1ccc(C)cc1C)S(C)(=O)=O. The highest BCUT2D eigenvalue weighted by Crippen LogP contribution is 2.26. The molecule has 1 N–H and O–H groups in total.